The van der Waals surface area contributed by atoms with E-state index in [1.54, 1.807) is 6.07 Å². The van der Waals surface area contributed by atoms with Crippen molar-refractivity contribution in [2.24, 2.45) is 17.6 Å². The Bertz CT molecular complexity index is 716. The number of hydrogen-bond donors (Lipinski definition) is 2. The third-order valence-electron chi connectivity index (χ3n) is 5.35. The molecular formula is C17H27N3O3S2. The normalized spacial score (nSPS) is 28.2. The van der Waals surface area contributed by atoms with Gasteiger partial charge in [-0.2, -0.15) is 4.31 Å². The van der Waals surface area contributed by atoms with Crippen LogP contribution in [0.25, 0.3) is 0 Å². The lowest BCUT2D eigenvalue weighted by Crippen LogP contribution is -2.48. The Morgan fingerprint density at radius 2 is 2.12 bits per heavy atom. The fraction of sp³-hybridized carbons (Fsp3) is 0.706. The molecule has 6 nitrogen and oxygen atoms in total. The van der Waals surface area contributed by atoms with Gasteiger partial charge in [-0.1, -0.05) is 6.42 Å². The van der Waals surface area contributed by atoms with Gasteiger partial charge in [0.25, 0.3) is 10.0 Å². The van der Waals surface area contributed by atoms with Crippen LogP contribution in [0.15, 0.2) is 16.3 Å². The first-order chi connectivity index (χ1) is 11.9. The monoisotopic (exact) mass is 385 g/mol. The molecule has 1 aromatic heterocycles. The molecule has 140 valence electrons. The predicted molar refractivity (Wildman–Crippen MR) is 98.9 cm³/mol. The largest absolute Gasteiger partial charge is 0.353 e. The van der Waals surface area contributed by atoms with E-state index in [1.165, 1.54) is 15.6 Å². The van der Waals surface area contributed by atoms with Crippen molar-refractivity contribution in [1.29, 1.82) is 0 Å². The first kappa shape index (κ1) is 18.8. The van der Waals surface area contributed by atoms with Crippen LogP contribution in [-0.4, -0.2) is 44.3 Å². The number of sulfonamides is 1. The van der Waals surface area contributed by atoms with Crippen molar-refractivity contribution in [3.8, 4) is 0 Å². The molecule has 0 spiro atoms. The SMILES string of the molecule is Cc1ccc(S(=O)(=O)N2CCCC(C(=O)NC3CCCC3CN)C2)s1. The summed E-state index contributed by atoms with van der Waals surface area (Å²) in [6.07, 6.45) is 4.57. The lowest BCUT2D eigenvalue weighted by Gasteiger charge is -2.32. The summed E-state index contributed by atoms with van der Waals surface area (Å²) in [5.41, 5.74) is 5.79. The first-order valence-electron chi connectivity index (χ1n) is 8.99. The lowest BCUT2D eigenvalue weighted by molar-refractivity contribution is -0.127. The van der Waals surface area contributed by atoms with Gasteiger partial charge in [-0.3, -0.25) is 4.79 Å². The van der Waals surface area contributed by atoms with Crippen LogP contribution in [0.2, 0.25) is 0 Å². The van der Waals surface area contributed by atoms with Crippen molar-refractivity contribution in [3.05, 3.63) is 17.0 Å². The zero-order chi connectivity index (χ0) is 18.0. The van der Waals surface area contributed by atoms with Gasteiger partial charge in [0.1, 0.15) is 4.21 Å². The van der Waals surface area contributed by atoms with Crippen molar-refractivity contribution in [3.63, 3.8) is 0 Å². The highest BCUT2D eigenvalue weighted by Crippen LogP contribution is 2.29. The highest BCUT2D eigenvalue weighted by molar-refractivity contribution is 7.91. The van der Waals surface area contributed by atoms with Gasteiger partial charge in [-0.05, 0) is 57.2 Å². The molecule has 1 saturated heterocycles. The van der Waals surface area contributed by atoms with E-state index in [1.807, 2.05) is 13.0 Å². The van der Waals surface area contributed by atoms with Crippen LogP contribution in [0.4, 0.5) is 0 Å². The number of aryl methyl sites for hydroxylation is 1. The third-order valence-corrected chi connectivity index (χ3v) is 8.69. The van der Waals surface area contributed by atoms with E-state index in [0.29, 0.717) is 29.6 Å². The van der Waals surface area contributed by atoms with Crippen LogP contribution in [0, 0.1) is 18.8 Å². The molecule has 3 atom stereocenters. The van der Waals surface area contributed by atoms with Crippen LogP contribution in [0.3, 0.4) is 0 Å². The number of piperidine rings is 1. The van der Waals surface area contributed by atoms with Gasteiger partial charge in [0.2, 0.25) is 5.91 Å². The highest BCUT2D eigenvalue weighted by atomic mass is 32.2. The van der Waals surface area contributed by atoms with Gasteiger partial charge in [-0.25, -0.2) is 8.42 Å². The molecule has 1 saturated carbocycles. The summed E-state index contributed by atoms with van der Waals surface area (Å²) in [5, 5.41) is 3.13. The molecule has 2 fully saturated rings. The topological polar surface area (TPSA) is 92.5 Å². The van der Waals surface area contributed by atoms with E-state index < -0.39 is 10.0 Å². The lowest BCUT2D eigenvalue weighted by atomic mass is 9.97. The number of nitrogens with two attached hydrogens (primary N) is 1. The molecule has 25 heavy (non-hydrogen) atoms. The zero-order valence-corrected chi connectivity index (χ0v) is 16.2. The smallest absolute Gasteiger partial charge is 0.252 e. The molecule has 3 rings (SSSR count). The van der Waals surface area contributed by atoms with Crippen molar-refractivity contribution >= 4 is 27.3 Å². The van der Waals surface area contributed by atoms with Crippen LogP contribution in [0.1, 0.15) is 37.0 Å². The van der Waals surface area contributed by atoms with Crippen molar-refractivity contribution in [2.75, 3.05) is 19.6 Å². The summed E-state index contributed by atoms with van der Waals surface area (Å²) in [5.74, 6) is 0.0534. The van der Waals surface area contributed by atoms with Gasteiger partial charge in [0.15, 0.2) is 0 Å². The van der Waals surface area contributed by atoms with E-state index in [-0.39, 0.29) is 24.4 Å². The average Bonchev–Trinajstić information content (AvgIpc) is 3.24. The molecule has 1 aliphatic heterocycles. The second-order valence-electron chi connectivity index (χ2n) is 7.11. The van der Waals surface area contributed by atoms with Crippen LogP contribution in [-0.2, 0) is 14.8 Å². The minimum Gasteiger partial charge on any atom is -0.353 e. The predicted octanol–water partition coefficient (Wildman–Crippen LogP) is 1.70. The average molecular weight is 386 g/mol. The quantitative estimate of drug-likeness (QED) is 0.807. The molecule has 0 aromatic carbocycles. The highest BCUT2D eigenvalue weighted by Gasteiger charge is 2.36. The molecule has 1 aliphatic carbocycles. The van der Waals surface area contributed by atoms with Gasteiger partial charge in [-0.15, -0.1) is 11.3 Å². The second-order valence-corrected chi connectivity index (χ2v) is 10.6. The summed E-state index contributed by atoms with van der Waals surface area (Å²) in [7, 11) is -3.50. The fourth-order valence-electron chi connectivity index (χ4n) is 3.86. The van der Waals surface area contributed by atoms with E-state index >= 15 is 0 Å². The number of hydrogen-bond acceptors (Lipinski definition) is 5. The van der Waals surface area contributed by atoms with E-state index in [0.717, 1.165) is 30.6 Å². The summed E-state index contributed by atoms with van der Waals surface area (Å²) >= 11 is 1.28. The number of amides is 1. The zero-order valence-electron chi connectivity index (χ0n) is 14.6. The summed E-state index contributed by atoms with van der Waals surface area (Å²) in [4.78, 5) is 13.6. The standard InChI is InChI=1S/C17H27N3O3S2/c1-12-7-8-16(24-12)25(22,23)20-9-3-5-14(11-20)17(21)19-15-6-2-4-13(15)10-18/h7-8,13-15H,2-6,9-11,18H2,1H3,(H,19,21). The molecule has 3 N–H and O–H groups in total. The third kappa shape index (κ3) is 4.07. The maximum Gasteiger partial charge on any atom is 0.252 e. The minimum absolute atomic E-state index is 0.0207. The first-order valence-corrected chi connectivity index (χ1v) is 11.2. The van der Waals surface area contributed by atoms with Gasteiger partial charge < -0.3 is 11.1 Å². The van der Waals surface area contributed by atoms with Crippen LogP contribution < -0.4 is 11.1 Å². The second kappa shape index (κ2) is 7.73. The molecule has 2 heterocycles. The molecule has 3 unspecified atom stereocenters. The Balaban J connectivity index is 1.65. The summed E-state index contributed by atoms with van der Waals surface area (Å²) in [6.45, 7) is 3.24. The number of thiophene rings is 1. The van der Waals surface area contributed by atoms with E-state index in [4.69, 9.17) is 5.73 Å². The molecule has 1 amide bonds. The number of carbonyl (C=O) groups excluding carboxylic acids is 1. The fourth-order valence-corrected chi connectivity index (χ4v) is 6.82. The maximum atomic E-state index is 12.8. The van der Waals surface area contributed by atoms with Crippen molar-refractivity contribution in [1.82, 2.24) is 9.62 Å². The van der Waals surface area contributed by atoms with Crippen LogP contribution in [0.5, 0.6) is 0 Å². The number of nitrogens with zero attached hydrogens (tertiary/aromatic N) is 1. The van der Waals surface area contributed by atoms with Gasteiger partial charge in [0.05, 0.1) is 5.92 Å². The Labute approximate surface area is 153 Å². The van der Waals surface area contributed by atoms with Crippen LogP contribution >= 0.6 is 11.3 Å². The van der Waals surface area contributed by atoms with Crippen molar-refractivity contribution in [2.45, 2.75) is 49.3 Å². The Kier molecular flexibility index (Phi) is 5.82. The molecule has 2 aliphatic rings. The van der Waals surface area contributed by atoms with E-state index in [9.17, 15) is 13.2 Å². The Morgan fingerprint density at radius 3 is 2.80 bits per heavy atom. The van der Waals surface area contributed by atoms with Crippen molar-refractivity contribution < 1.29 is 13.2 Å². The number of nitrogens with one attached hydrogen (secondary N) is 1. The molecule has 0 bridgehead atoms. The Morgan fingerprint density at radius 1 is 1.32 bits per heavy atom. The minimum atomic E-state index is -3.50. The molecular weight excluding hydrogens is 358 g/mol. The molecule has 0 radical (unpaired) electrons. The summed E-state index contributed by atoms with van der Waals surface area (Å²) in [6, 6.07) is 3.62. The Hall–Kier alpha value is -0.960. The molecule has 1 aromatic rings. The van der Waals surface area contributed by atoms with Gasteiger partial charge >= 0.3 is 0 Å². The van der Waals surface area contributed by atoms with E-state index in [2.05, 4.69) is 5.32 Å². The maximum absolute atomic E-state index is 12.8. The molecule has 8 heteroatoms. The van der Waals surface area contributed by atoms with Gasteiger partial charge in [0, 0.05) is 24.0 Å². The number of carbonyl (C=O) groups is 1. The summed E-state index contributed by atoms with van der Waals surface area (Å²) < 4.78 is 27.4. The number of rotatable bonds is 5.